The molecule has 4 heterocycles. The number of benzene rings is 5. The Kier molecular flexibility index (Phi) is 8.95. The molecule has 0 fully saturated rings. The van der Waals surface area contributed by atoms with E-state index < -0.39 is 0 Å². The molecule has 0 atom stereocenters. The second-order valence-electron chi connectivity index (χ2n) is 18.4. The highest BCUT2D eigenvalue weighted by Crippen LogP contribution is 2.43. The molecule has 0 aliphatic carbocycles. The molecule has 0 spiro atoms. The highest BCUT2D eigenvalue weighted by molar-refractivity contribution is 6.11. The molecule has 0 saturated heterocycles. The van der Waals surface area contributed by atoms with Crippen molar-refractivity contribution in [1.29, 1.82) is 0 Å². The Morgan fingerprint density at radius 3 is 1.83 bits per heavy atom. The molecular weight excluding hydrogens is 727 g/mol. The molecule has 8 aromatic rings. The monoisotopic (exact) mass is 775 g/mol. The molecule has 292 valence electrons. The van der Waals surface area contributed by atoms with Gasteiger partial charge in [0.1, 0.15) is 29.0 Å². The van der Waals surface area contributed by atoms with Crippen molar-refractivity contribution in [2.45, 2.75) is 78.6 Å². The summed E-state index contributed by atoms with van der Waals surface area (Å²) in [7, 11) is 0. The van der Waals surface area contributed by atoms with Gasteiger partial charge < -0.3 is 4.74 Å². The number of nitrogens with zero attached hydrogens (tertiary/aromatic N) is 7. The van der Waals surface area contributed by atoms with Crippen molar-refractivity contribution in [3.05, 3.63) is 151 Å². The first kappa shape index (κ1) is 37.8. The van der Waals surface area contributed by atoms with E-state index in [1.807, 2.05) is 36.5 Å². The second-order valence-corrected chi connectivity index (χ2v) is 18.4. The van der Waals surface area contributed by atoms with Crippen LogP contribution in [0, 0.1) is 0 Å². The van der Waals surface area contributed by atoms with Gasteiger partial charge in [0.25, 0.3) is 11.4 Å². The summed E-state index contributed by atoms with van der Waals surface area (Å²) < 4.78 is 13.5. The first-order valence-corrected chi connectivity index (χ1v) is 20.2. The van der Waals surface area contributed by atoms with Crippen LogP contribution < -0.4 is 13.9 Å². The Bertz CT molecular complexity index is 2960. The molecule has 0 unspecified atom stereocenters. The van der Waals surface area contributed by atoms with Gasteiger partial charge in [-0.15, -0.1) is 0 Å². The Hall–Kier alpha value is -6.76. The minimum absolute atomic E-state index is 0.0635. The van der Waals surface area contributed by atoms with E-state index in [1.54, 1.807) is 0 Å². The van der Waals surface area contributed by atoms with Crippen LogP contribution in [0.1, 0.15) is 79.5 Å². The van der Waals surface area contributed by atoms with Crippen LogP contribution in [0.15, 0.2) is 134 Å². The summed E-state index contributed by atoms with van der Waals surface area (Å²) in [5.74, 6) is 4.13. The minimum atomic E-state index is -0.312. The van der Waals surface area contributed by atoms with Crippen LogP contribution in [0.25, 0.3) is 39.0 Å². The molecule has 0 amide bonds. The Morgan fingerprint density at radius 1 is 0.542 bits per heavy atom. The molecule has 1 aliphatic heterocycles. The molecule has 0 radical (unpaired) electrons. The predicted molar refractivity (Wildman–Crippen MR) is 241 cm³/mol. The largest absolute Gasteiger partial charge is 0.503 e. The summed E-state index contributed by atoms with van der Waals surface area (Å²) in [5, 5.41) is 2.14. The molecule has 3 aromatic heterocycles. The molecule has 9 rings (SSSR count). The van der Waals surface area contributed by atoms with Crippen LogP contribution in [-0.2, 0) is 16.2 Å². The number of aromatic nitrogens is 5. The standard InChI is InChI=1S/C51H49N7O/c1-49(2,3)33-24-26-34(27-25-33)56-32-57(42-22-13-12-21-41(42)56)35-17-16-18-36(29-35)59-44-31-43-38(37-19-10-11-20-40(37)58(43)45-23-14-15-28-52-45)30-39(44)46-53-47(50(4,5)6)55-48(54-46)51(7,8)9/h10-31H,1-9H3/q+2. The lowest BCUT2D eigenvalue weighted by molar-refractivity contribution is 0.481. The quantitative estimate of drug-likeness (QED) is 0.157. The molecular formula is C51H49N7O+2. The maximum Gasteiger partial charge on any atom is 0.503 e. The lowest BCUT2D eigenvalue weighted by Crippen LogP contribution is -2.24. The molecule has 8 nitrogen and oxygen atoms in total. The lowest BCUT2D eigenvalue weighted by atomic mass is 9.87. The number of fused-ring (bicyclic) bond motifs is 4. The maximum absolute atomic E-state index is 7.05. The SMILES string of the molecule is CC(C)(C)c1ccc([N+]2=C=[N+](c3cccc(Oc4cc5c(cc4-c4nc(C(C)(C)C)nc(C(C)(C)C)n4)c4ccccc4n5-c4ccccn4)c3)c3ccccc32)cc1. The van der Waals surface area contributed by atoms with Gasteiger partial charge in [0.2, 0.25) is 11.4 Å². The third-order valence-corrected chi connectivity index (χ3v) is 10.7. The minimum Gasteiger partial charge on any atom is -0.456 e. The van der Waals surface area contributed by atoms with Crippen molar-refractivity contribution in [3.8, 4) is 28.7 Å². The number of rotatable bonds is 6. The summed E-state index contributed by atoms with van der Waals surface area (Å²) in [4.78, 5) is 20.1. The fourth-order valence-corrected chi connectivity index (χ4v) is 7.52. The highest BCUT2D eigenvalue weighted by Gasteiger charge is 2.36. The van der Waals surface area contributed by atoms with Crippen molar-refractivity contribution in [2.75, 3.05) is 0 Å². The van der Waals surface area contributed by atoms with Crippen molar-refractivity contribution in [3.63, 3.8) is 0 Å². The van der Waals surface area contributed by atoms with Crippen LogP contribution >= 0.6 is 0 Å². The average Bonchev–Trinajstić information content (AvgIpc) is 3.76. The third kappa shape index (κ3) is 7.00. The molecule has 0 N–H and O–H groups in total. The van der Waals surface area contributed by atoms with E-state index in [2.05, 4.69) is 179 Å². The van der Waals surface area contributed by atoms with Crippen LogP contribution in [0.2, 0.25) is 0 Å². The first-order chi connectivity index (χ1) is 28.1. The van der Waals surface area contributed by atoms with Crippen LogP contribution in [0.4, 0.5) is 22.7 Å². The van der Waals surface area contributed by atoms with Crippen LogP contribution in [0.3, 0.4) is 0 Å². The van der Waals surface area contributed by atoms with E-state index >= 15 is 0 Å². The smallest absolute Gasteiger partial charge is 0.456 e. The number of ether oxygens (including phenoxy) is 1. The van der Waals surface area contributed by atoms with Crippen LogP contribution in [-0.4, -0.2) is 30.5 Å². The van der Waals surface area contributed by atoms with E-state index in [9.17, 15) is 0 Å². The zero-order valence-electron chi connectivity index (χ0n) is 35.2. The maximum atomic E-state index is 7.05. The van der Waals surface area contributed by atoms with E-state index in [4.69, 9.17) is 24.7 Å². The zero-order valence-corrected chi connectivity index (χ0v) is 35.2. The van der Waals surface area contributed by atoms with Crippen molar-refractivity contribution >= 4 is 50.6 Å². The van der Waals surface area contributed by atoms with Gasteiger partial charge >= 0.3 is 6.01 Å². The molecule has 0 bridgehead atoms. The lowest BCUT2D eigenvalue weighted by Gasteiger charge is -2.23. The Morgan fingerprint density at radius 2 is 1.19 bits per heavy atom. The van der Waals surface area contributed by atoms with Gasteiger partial charge in [0.15, 0.2) is 5.82 Å². The summed E-state index contributed by atoms with van der Waals surface area (Å²) in [6.45, 7) is 19.5. The summed E-state index contributed by atoms with van der Waals surface area (Å²) in [5.41, 5.74) is 7.55. The number of hydrogen-bond donors (Lipinski definition) is 0. The first-order valence-electron chi connectivity index (χ1n) is 20.2. The zero-order chi connectivity index (χ0) is 41.3. The summed E-state index contributed by atoms with van der Waals surface area (Å²) >= 11 is 0. The van der Waals surface area contributed by atoms with Gasteiger partial charge in [0, 0.05) is 64.2 Å². The topological polar surface area (TPSA) is 71.7 Å². The second kappa shape index (κ2) is 14.0. The van der Waals surface area contributed by atoms with E-state index in [0.29, 0.717) is 17.3 Å². The highest BCUT2D eigenvalue weighted by atomic mass is 16.5. The Balaban J connectivity index is 1.24. The Labute approximate surface area is 345 Å². The average molecular weight is 776 g/mol. The van der Waals surface area contributed by atoms with Crippen molar-refractivity contribution in [1.82, 2.24) is 33.7 Å². The van der Waals surface area contributed by atoms with E-state index in [1.165, 1.54) is 5.56 Å². The fourth-order valence-electron chi connectivity index (χ4n) is 7.52. The van der Waals surface area contributed by atoms with E-state index in [-0.39, 0.29) is 16.2 Å². The van der Waals surface area contributed by atoms with Crippen molar-refractivity contribution in [2.24, 2.45) is 0 Å². The summed E-state index contributed by atoms with van der Waals surface area (Å²) in [6, 6.07) is 47.7. The number of para-hydroxylation sites is 3. The van der Waals surface area contributed by atoms with Gasteiger partial charge in [-0.1, -0.05) is 117 Å². The van der Waals surface area contributed by atoms with E-state index in [0.717, 1.165) is 67.6 Å². The molecule has 8 heteroatoms. The van der Waals surface area contributed by atoms with Gasteiger partial charge in [-0.2, -0.15) is 0 Å². The fraction of sp³-hybridized carbons (Fsp3) is 0.235. The normalized spacial score (nSPS) is 13.1. The van der Waals surface area contributed by atoms with Crippen LogP contribution in [0.5, 0.6) is 11.5 Å². The molecule has 59 heavy (non-hydrogen) atoms. The number of hydrogen-bond acceptors (Lipinski definition) is 5. The van der Waals surface area contributed by atoms with Crippen molar-refractivity contribution < 1.29 is 4.74 Å². The molecule has 5 aromatic carbocycles. The molecule has 1 aliphatic rings. The third-order valence-electron chi connectivity index (χ3n) is 10.7. The van der Waals surface area contributed by atoms with Gasteiger partial charge in [0.05, 0.1) is 22.7 Å². The number of pyridine rings is 1. The summed E-state index contributed by atoms with van der Waals surface area (Å²) in [6.07, 6.45) is 1.83. The van der Waals surface area contributed by atoms with Gasteiger partial charge in [-0.25, -0.2) is 19.9 Å². The van der Waals surface area contributed by atoms with Gasteiger partial charge in [-0.3, -0.25) is 4.57 Å². The molecule has 0 saturated carbocycles. The predicted octanol–water partition coefficient (Wildman–Crippen LogP) is 12.6. The van der Waals surface area contributed by atoms with Gasteiger partial charge in [-0.05, 0) is 50.5 Å².